The number of hydrogen-bond donors (Lipinski definition) is 1. The Morgan fingerprint density at radius 3 is 2.08 bits per heavy atom. The van der Waals surface area contributed by atoms with Gasteiger partial charge in [-0.2, -0.15) is 0 Å². The van der Waals surface area contributed by atoms with Gasteiger partial charge < -0.3 is 14.6 Å². The molecule has 2 aromatic rings. The number of aliphatic hydroxyl groups excluding tert-OH is 1. The quantitative estimate of drug-likeness (QED) is 0.609. The van der Waals surface area contributed by atoms with Crippen molar-refractivity contribution in [2.24, 2.45) is 0 Å². The summed E-state index contributed by atoms with van der Waals surface area (Å²) in [5, 5.41) is 9.90. The van der Waals surface area contributed by atoms with E-state index < -0.39 is 24.0 Å². The van der Waals surface area contributed by atoms with Crippen molar-refractivity contribution in [3.63, 3.8) is 0 Å². The molecule has 3 rings (SSSR count). The summed E-state index contributed by atoms with van der Waals surface area (Å²) < 4.78 is 5.61. The number of ether oxygens (including phenoxy) is 1. The summed E-state index contributed by atoms with van der Waals surface area (Å²) in [6, 6.07) is 15.7. The molecular formula is C19H17NO5. The first-order chi connectivity index (χ1) is 12.1. The number of imide groups is 1. The molecule has 6 heteroatoms. The number of amides is 2. The van der Waals surface area contributed by atoms with Crippen molar-refractivity contribution >= 4 is 18.1 Å². The van der Waals surface area contributed by atoms with Gasteiger partial charge in [-0.15, -0.1) is 0 Å². The number of benzene rings is 2. The van der Waals surface area contributed by atoms with E-state index in [4.69, 9.17) is 4.74 Å². The molecule has 0 bridgehead atoms. The summed E-state index contributed by atoms with van der Waals surface area (Å²) in [7, 11) is 0. The van der Waals surface area contributed by atoms with Crippen LogP contribution in [0.3, 0.4) is 0 Å². The Morgan fingerprint density at radius 2 is 1.52 bits per heavy atom. The average molecular weight is 339 g/mol. The lowest BCUT2D eigenvalue weighted by atomic mass is 10.1. The minimum atomic E-state index is -1.44. The summed E-state index contributed by atoms with van der Waals surface area (Å²) in [6.45, 7) is -0.0430. The van der Waals surface area contributed by atoms with Crippen LogP contribution in [0.15, 0.2) is 54.6 Å². The Kier molecular flexibility index (Phi) is 5.02. The number of aldehydes is 1. The van der Waals surface area contributed by atoms with E-state index in [-0.39, 0.29) is 13.2 Å². The molecule has 0 aliphatic carbocycles. The predicted octanol–water partition coefficient (Wildman–Crippen LogP) is 1.43. The first kappa shape index (κ1) is 17.0. The number of nitrogens with zero attached hydrogens (tertiary/aromatic N) is 1. The Hall–Kier alpha value is -2.83. The van der Waals surface area contributed by atoms with Gasteiger partial charge in [-0.25, -0.2) is 0 Å². The first-order valence-electron chi connectivity index (χ1n) is 7.86. The fourth-order valence-electron chi connectivity index (χ4n) is 2.71. The smallest absolute Gasteiger partial charge is 0.261 e. The van der Waals surface area contributed by atoms with Crippen LogP contribution in [0.5, 0.6) is 0 Å². The maximum absolute atomic E-state index is 12.4. The summed E-state index contributed by atoms with van der Waals surface area (Å²) in [4.78, 5) is 36.8. The summed E-state index contributed by atoms with van der Waals surface area (Å²) >= 11 is 0. The van der Waals surface area contributed by atoms with E-state index in [0.717, 1.165) is 10.5 Å². The molecule has 2 amide bonds. The normalized spacial score (nSPS) is 15.8. The lowest BCUT2D eigenvalue weighted by Gasteiger charge is -2.24. The molecule has 25 heavy (non-hydrogen) atoms. The van der Waals surface area contributed by atoms with E-state index in [2.05, 4.69) is 0 Å². The molecular weight excluding hydrogens is 322 g/mol. The lowest BCUT2D eigenvalue weighted by Crippen LogP contribution is -2.44. The fourth-order valence-corrected chi connectivity index (χ4v) is 2.71. The monoisotopic (exact) mass is 339 g/mol. The Balaban J connectivity index is 1.74. The highest BCUT2D eigenvalue weighted by Gasteiger charge is 2.37. The van der Waals surface area contributed by atoms with Gasteiger partial charge in [-0.1, -0.05) is 42.5 Å². The zero-order valence-electron chi connectivity index (χ0n) is 13.4. The fraction of sp³-hybridized carbons (Fsp3) is 0.211. The summed E-state index contributed by atoms with van der Waals surface area (Å²) in [6.07, 6.45) is -2.10. The van der Waals surface area contributed by atoms with Gasteiger partial charge >= 0.3 is 0 Å². The van der Waals surface area contributed by atoms with Crippen molar-refractivity contribution in [2.75, 3.05) is 6.54 Å². The van der Waals surface area contributed by atoms with E-state index in [9.17, 15) is 19.5 Å². The van der Waals surface area contributed by atoms with Gasteiger partial charge in [0.2, 0.25) is 0 Å². The molecule has 6 nitrogen and oxygen atoms in total. The first-order valence-corrected chi connectivity index (χ1v) is 7.86. The minimum Gasteiger partial charge on any atom is -0.383 e. The molecule has 0 fully saturated rings. The van der Waals surface area contributed by atoms with Crippen LogP contribution in [0.2, 0.25) is 0 Å². The van der Waals surface area contributed by atoms with Crippen molar-refractivity contribution in [3.8, 4) is 0 Å². The lowest BCUT2D eigenvalue weighted by molar-refractivity contribution is -0.125. The topological polar surface area (TPSA) is 83.9 Å². The van der Waals surface area contributed by atoms with Crippen molar-refractivity contribution in [3.05, 3.63) is 71.3 Å². The van der Waals surface area contributed by atoms with Crippen molar-refractivity contribution < 1.29 is 24.2 Å². The number of aliphatic hydroxyl groups is 1. The van der Waals surface area contributed by atoms with E-state index in [1.54, 1.807) is 24.3 Å². The van der Waals surface area contributed by atoms with Crippen LogP contribution in [0.1, 0.15) is 26.3 Å². The number of carbonyl (C=O) groups excluding carboxylic acids is 3. The molecule has 1 aliphatic heterocycles. The third kappa shape index (κ3) is 3.50. The van der Waals surface area contributed by atoms with Crippen LogP contribution in [0.4, 0.5) is 0 Å². The molecule has 2 atom stereocenters. The Labute approximate surface area is 144 Å². The second-order valence-electron chi connectivity index (χ2n) is 5.73. The summed E-state index contributed by atoms with van der Waals surface area (Å²) in [5.41, 5.74) is 1.48. The molecule has 0 saturated heterocycles. The molecule has 0 spiro atoms. The number of fused-ring (bicyclic) bond motifs is 1. The van der Waals surface area contributed by atoms with Gasteiger partial charge in [-0.3, -0.25) is 14.5 Å². The maximum atomic E-state index is 12.4. The van der Waals surface area contributed by atoms with Gasteiger partial charge in [0.05, 0.1) is 24.3 Å². The molecule has 0 radical (unpaired) electrons. The van der Waals surface area contributed by atoms with Crippen molar-refractivity contribution in [1.29, 1.82) is 0 Å². The van der Waals surface area contributed by atoms with Crippen LogP contribution in [-0.2, 0) is 16.1 Å². The van der Waals surface area contributed by atoms with Crippen LogP contribution in [0.25, 0.3) is 0 Å². The molecule has 2 aromatic carbocycles. The largest absolute Gasteiger partial charge is 0.383 e. The number of hydrogen-bond acceptors (Lipinski definition) is 5. The second kappa shape index (κ2) is 7.38. The molecule has 1 aliphatic rings. The molecule has 128 valence electrons. The third-order valence-electron chi connectivity index (χ3n) is 4.07. The van der Waals surface area contributed by atoms with Gasteiger partial charge in [-0.05, 0) is 17.7 Å². The van der Waals surface area contributed by atoms with E-state index in [1.165, 1.54) is 0 Å². The number of carbonyl (C=O) groups is 3. The van der Waals surface area contributed by atoms with Gasteiger partial charge in [0.15, 0.2) is 6.29 Å². The van der Waals surface area contributed by atoms with Gasteiger partial charge in [0.25, 0.3) is 11.8 Å². The highest BCUT2D eigenvalue weighted by Crippen LogP contribution is 2.23. The Bertz CT molecular complexity index is 754. The van der Waals surface area contributed by atoms with E-state index in [0.29, 0.717) is 17.4 Å². The highest BCUT2D eigenvalue weighted by molar-refractivity contribution is 6.21. The predicted molar refractivity (Wildman–Crippen MR) is 88.9 cm³/mol. The maximum Gasteiger partial charge on any atom is 0.261 e. The number of rotatable bonds is 7. The van der Waals surface area contributed by atoms with E-state index in [1.807, 2.05) is 30.3 Å². The SMILES string of the molecule is O=C[C@@H](O)[C@@H](CN1C(=O)c2ccccc2C1=O)OCc1ccccc1. The van der Waals surface area contributed by atoms with Crippen LogP contribution in [-0.4, -0.2) is 46.9 Å². The van der Waals surface area contributed by atoms with Crippen molar-refractivity contribution in [2.45, 2.75) is 18.8 Å². The Morgan fingerprint density at radius 1 is 0.960 bits per heavy atom. The summed E-state index contributed by atoms with van der Waals surface area (Å²) in [5.74, 6) is -0.904. The van der Waals surface area contributed by atoms with E-state index >= 15 is 0 Å². The van der Waals surface area contributed by atoms with Gasteiger partial charge in [0, 0.05) is 0 Å². The minimum absolute atomic E-state index is 0.152. The third-order valence-corrected chi connectivity index (χ3v) is 4.07. The zero-order valence-corrected chi connectivity index (χ0v) is 13.4. The highest BCUT2D eigenvalue weighted by atomic mass is 16.5. The molecule has 0 unspecified atom stereocenters. The average Bonchev–Trinajstić information content (AvgIpc) is 2.90. The molecule has 1 heterocycles. The van der Waals surface area contributed by atoms with Gasteiger partial charge in [0.1, 0.15) is 12.2 Å². The van der Waals surface area contributed by atoms with Crippen LogP contribution in [0, 0.1) is 0 Å². The molecule has 0 saturated carbocycles. The standard InChI is InChI=1S/C19H17NO5/c21-11-16(22)17(25-12-13-6-2-1-3-7-13)10-20-18(23)14-8-4-5-9-15(14)19(20)24/h1-9,11,16-17,22H,10,12H2/t16-,17-/m1/s1. The zero-order chi connectivity index (χ0) is 17.8. The molecule has 0 aromatic heterocycles. The molecule has 1 N–H and O–H groups in total. The van der Waals surface area contributed by atoms with Crippen LogP contribution >= 0.6 is 0 Å². The van der Waals surface area contributed by atoms with Crippen LogP contribution < -0.4 is 0 Å². The second-order valence-corrected chi connectivity index (χ2v) is 5.73. The van der Waals surface area contributed by atoms with Crippen molar-refractivity contribution in [1.82, 2.24) is 4.90 Å².